The minimum atomic E-state index is -2.57. The Hall–Kier alpha value is -0.140. The van der Waals surface area contributed by atoms with Crippen molar-refractivity contribution in [1.29, 1.82) is 0 Å². The SMILES string of the molecule is CC(C)CC(C)(C)C(C)(F)F. The number of halogens is 2. The highest BCUT2D eigenvalue weighted by Gasteiger charge is 2.41. The number of hydrogen-bond donors (Lipinski definition) is 0. The van der Waals surface area contributed by atoms with Gasteiger partial charge in [-0.1, -0.05) is 27.7 Å². The molecule has 0 atom stereocenters. The molecule has 0 aromatic carbocycles. The first kappa shape index (κ1) is 10.9. The van der Waals surface area contributed by atoms with Crippen molar-refractivity contribution in [2.45, 2.75) is 47.0 Å². The second-order valence-corrected chi connectivity index (χ2v) is 4.37. The van der Waals surface area contributed by atoms with Crippen LogP contribution in [-0.4, -0.2) is 5.92 Å². The van der Waals surface area contributed by atoms with Gasteiger partial charge >= 0.3 is 0 Å². The lowest BCUT2D eigenvalue weighted by atomic mass is 9.79. The maximum Gasteiger partial charge on any atom is 0.250 e. The number of hydrogen-bond acceptors (Lipinski definition) is 0. The molecule has 0 saturated carbocycles. The third-order valence-corrected chi connectivity index (χ3v) is 2.11. The van der Waals surface area contributed by atoms with Gasteiger partial charge in [0.1, 0.15) is 0 Å². The van der Waals surface area contributed by atoms with Crippen molar-refractivity contribution in [3.8, 4) is 0 Å². The van der Waals surface area contributed by atoms with Crippen molar-refractivity contribution in [1.82, 2.24) is 0 Å². The van der Waals surface area contributed by atoms with Crippen LogP contribution in [0.15, 0.2) is 0 Å². The molecule has 68 valence electrons. The van der Waals surface area contributed by atoms with Crippen LogP contribution in [0.3, 0.4) is 0 Å². The minimum absolute atomic E-state index is 0.329. The van der Waals surface area contributed by atoms with Gasteiger partial charge < -0.3 is 0 Å². The lowest BCUT2D eigenvalue weighted by Crippen LogP contribution is -2.34. The largest absolute Gasteiger partial charge is 0.250 e. The van der Waals surface area contributed by atoms with E-state index in [4.69, 9.17) is 0 Å². The Kier molecular flexibility index (Phi) is 3.04. The van der Waals surface area contributed by atoms with Gasteiger partial charge in [0, 0.05) is 5.41 Å². The molecule has 0 heterocycles. The van der Waals surface area contributed by atoms with E-state index >= 15 is 0 Å². The van der Waals surface area contributed by atoms with E-state index in [2.05, 4.69) is 0 Å². The van der Waals surface area contributed by atoms with E-state index in [1.165, 1.54) is 0 Å². The van der Waals surface area contributed by atoms with Gasteiger partial charge in [0.2, 0.25) is 5.92 Å². The molecule has 0 spiro atoms. The van der Waals surface area contributed by atoms with Crippen molar-refractivity contribution < 1.29 is 8.78 Å². The van der Waals surface area contributed by atoms with Crippen molar-refractivity contribution in [2.75, 3.05) is 0 Å². The first-order chi connectivity index (χ1) is 4.67. The summed E-state index contributed by atoms with van der Waals surface area (Å²) in [6.07, 6.45) is 0.566. The molecule has 0 bridgehead atoms. The van der Waals surface area contributed by atoms with Crippen LogP contribution in [0, 0.1) is 11.3 Å². The molecule has 0 aromatic rings. The van der Waals surface area contributed by atoms with Crippen molar-refractivity contribution in [3.05, 3.63) is 0 Å². The molecular weight excluding hydrogens is 146 g/mol. The van der Waals surface area contributed by atoms with Crippen molar-refractivity contribution in [3.63, 3.8) is 0 Å². The highest BCUT2D eigenvalue weighted by molar-refractivity contribution is 4.82. The zero-order valence-electron chi connectivity index (χ0n) is 8.04. The van der Waals surface area contributed by atoms with E-state index in [1.54, 1.807) is 13.8 Å². The fraction of sp³-hybridized carbons (Fsp3) is 1.00. The van der Waals surface area contributed by atoms with E-state index in [1.807, 2.05) is 13.8 Å². The number of rotatable bonds is 3. The Morgan fingerprint density at radius 2 is 1.45 bits per heavy atom. The van der Waals surface area contributed by atoms with Gasteiger partial charge in [-0.2, -0.15) is 0 Å². The van der Waals surface area contributed by atoms with Crippen LogP contribution in [0.1, 0.15) is 41.0 Å². The summed E-state index contributed by atoms with van der Waals surface area (Å²) in [5.74, 6) is -2.24. The molecule has 0 aliphatic heterocycles. The predicted octanol–water partition coefficient (Wildman–Crippen LogP) is 3.71. The third-order valence-electron chi connectivity index (χ3n) is 2.11. The maximum absolute atomic E-state index is 12.9. The van der Waals surface area contributed by atoms with E-state index < -0.39 is 11.3 Å². The third kappa shape index (κ3) is 3.17. The van der Waals surface area contributed by atoms with E-state index in [-0.39, 0.29) is 0 Å². The summed E-state index contributed by atoms with van der Waals surface area (Å²) >= 11 is 0. The van der Waals surface area contributed by atoms with Crippen molar-refractivity contribution >= 4 is 0 Å². The number of alkyl halides is 2. The molecule has 0 saturated heterocycles. The summed E-state index contributed by atoms with van der Waals surface area (Å²) in [5, 5.41) is 0. The van der Waals surface area contributed by atoms with Crippen LogP contribution < -0.4 is 0 Å². The Morgan fingerprint density at radius 3 is 1.55 bits per heavy atom. The molecule has 11 heavy (non-hydrogen) atoms. The zero-order valence-corrected chi connectivity index (χ0v) is 8.04. The summed E-state index contributed by atoms with van der Waals surface area (Å²) in [6, 6.07) is 0. The quantitative estimate of drug-likeness (QED) is 0.596. The van der Waals surface area contributed by atoms with Crippen LogP contribution in [0.25, 0.3) is 0 Å². The average Bonchev–Trinajstić information content (AvgIpc) is 1.56. The van der Waals surface area contributed by atoms with Gasteiger partial charge in [0.05, 0.1) is 0 Å². The normalized spacial score (nSPS) is 14.2. The molecule has 0 amide bonds. The van der Waals surface area contributed by atoms with Crippen LogP contribution in [-0.2, 0) is 0 Å². The molecule has 0 aromatic heterocycles. The summed E-state index contributed by atoms with van der Waals surface area (Å²) in [4.78, 5) is 0. The molecule has 2 heteroatoms. The topological polar surface area (TPSA) is 0 Å². The smallest absolute Gasteiger partial charge is 0.207 e. The minimum Gasteiger partial charge on any atom is -0.207 e. The molecule has 0 fully saturated rings. The molecule has 0 rings (SSSR count). The van der Waals surface area contributed by atoms with E-state index in [0.717, 1.165) is 6.92 Å². The Balaban J connectivity index is 4.22. The van der Waals surface area contributed by atoms with E-state index in [9.17, 15) is 8.78 Å². The summed E-state index contributed by atoms with van der Waals surface area (Å²) in [5.41, 5.74) is -0.874. The van der Waals surface area contributed by atoms with Crippen molar-refractivity contribution in [2.24, 2.45) is 11.3 Å². The molecule has 0 radical (unpaired) electrons. The standard InChI is InChI=1S/C9H18F2/c1-7(2)6-8(3,4)9(5,10)11/h7H,6H2,1-5H3. The Labute approximate surface area is 68.0 Å². The second kappa shape index (κ2) is 3.08. The summed E-state index contributed by atoms with van der Waals surface area (Å²) in [6.45, 7) is 8.16. The van der Waals surface area contributed by atoms with Crippen LogP contribution >= 0.6 is 0 Å². The average molecular weight is 164 g/mol. The Bertz CT molecular complexity index is 120. The summed E-state index contributed by atoms with van der Waals surface area (Å²) in [7, 11) is 0. The van der Waals surface area contributed by atoms with Crippen LogP contribution in [0.5, 0.6) is 0 Å². The fourth-order valence-electron chi connectivity index (χ4n) is 1.20. The maximum atomic E-state index is 12.9. The highest BCUT2D eigenvalue weighted by Crippen LogP contribution is 2.40. The first-order valence-electron chi connectivity index (χ1n) is 4.04. The van der Waals surface area contributed by atoms with Gasteiger partial charge in [0.15, 0.2) is 0 Å². The van der Waals surface area contributed by atoms with Gasteiger partial charge in [-0.15, -0.1) is 0 Å². The lowest BCUT2D eigenvalue weighted by molar-refractivity contribution is -0.0970. The predicted molar refractivity (Wildman–Crippen MR) is 43.9 cm³/mol. The molecule has 0 nitrogen and oxygen atoms in total. The highest BCUT2D eigenvalue weighted by atomic mass is 19.3. The molecule has 0 aliphatic rings. The van der Waals surface area contributed by atoms with Gasteiger partial charge in [-0.25, -0.2) is 8.78 Å². The molecule has 0 aliphatic carbocycles. The molecule has 0 N–H and O–H groups in total. The Morgan fingerprint density at radius 1 is 1.09 bits per heavy atom. The van der Waals surface area contributed by atoms with E-state index in [0.29, 0.717) is 12.3 Å². The van der Waals surface area contributed by atoms with Crippen LogP contribution in [0.4, 0.5) is 8.78 Å². The van der Waals surface area contributed by atoms with Gasteiger partial charge in [0.25, 0.3) is 0 Å². The van der Waals surface area contributed by atoms with Gasteiger partial charge in [-0.3, -0.25) is 0 Å². The summed E-state index contributed by atoms with van der Waals surface area (Å²) < 4.78 is 25.7. The molecule has 0 unspecified atom stereocenters. The fourth-order valence-corrected chi connectivity index (χ4v) is 1.20. The zero-order chi connectivity index (χ0) is 9.28. The monoisotopic (exact) mass is 164 g/mol. The van der Waals surface area contributed by atoms with Gasteiger partial charge in [-0.05, 0) is 19.3 Å². The molecular formula is C9H18F2. The lowest BCUT2D eigenvalue weighted by Gasteiger charge is -2.32. The second-order valence-electron chi connectivity index (χ2n) is 4.37. The first-order valence-corrected chi connectivity index (χ1v) is 4.04. The van der Waals surface area contributed by atoms with Crippen LogP contribution in [0.2, 0.25) is 0 Å².